The van der Waals surface area contributed by atoms with Crippen LogP contribution in [-0.4, -0.2) is 19.1 Å². The summed E-state index contributed by atoms with van der Waals surface area (Å²) < 4.78 is 3.62. The van der Waals surface area contributed by atoms with Crippen LogP contribution in [0.1, 0.15) is 5.56 Å². The Balaban J connectivity index is 2.08. The van der Waals surface area contributed by atoms with E-state index < -0.39 is 0 Å². The Bertz CT molecular complexity index is 739. The monoisotopic (exact) mass is 239 g/mol. The van der Waals surface area contributed by atoms with E-state index in [1.165, 1.54) is 0 Å². The fourth-order valence-electron chi connectivity index (χ4n) is 1.96. The largest absolute Gasteiger partial charge is 0.318 e. The standard InChI is InChI=1S/C13H13N5/c1-17-8-15-11-12(14)18(9-16-13(11)17)7-10-5-3-2-4-6-10/h2-6,8-9,14H,7H2,1H3. The molecule has 2 aromatic heterocycles. The number of hydrogen-bond donors (Lipinski definition) is 1. The van der Waals surface area contributed by atoms with Crippen LogP contribution in [0.5, 0.6) is 0 Å². The van der Waals surface area contributed by atoms with Crippen molar-refractivity contribution in [3.63, 3.8) is 0 Å². The quantitative estimate of drug-likeness (QED) is 0.732. The lowest BCUT2D eigenvalue weighted by Gasteiger charge is -2.06. The van der Waals surface area contributed by atoms with Gasteiger partial charge in [0.25, 0.3) is 0 Å². The summed E-state index contributed by atoms with van der Waals surface area (Å²) in [7, 11) is 1.88. The van der Waals surface area contributed by atoms with E-state index in [1.54, 1.807) is 17.2 Å². The first-order valence-corrected chi connectivity index (χ1v) is 5.70. The predicted molar refractivity (Wildman–Crippen MR) is 67.9 cm³/mol. The third kappa shape index (κ3) is 1.69. The number of aryl methyl sites for hydroxylation is 1. The molecule has 0 aliphatic rings. The molecule has 18 heavy (non-hydrogen) atoms. The van der Waals surface area contributed by atoms with Crippen molar-refractivity contribution in [3.05, 3.63) is 54.0 Å². The van der Waals surface area contributed by atoms with E-state index in [9.17, 15) is 0 Å². The highest BCUT2D eigenvalue weighted by Gasteiger charge is 2.05. The number of benzene rings is 1. The molecule has 3 rings (SSSR count). The van der Waals surface area contributed by atoms with E-state index >= 15 is 0 Å². The molecule has 0 aliphatic heterocycles. The van der Waals surface area contributed by atoms with Gasteiger partial charge in [0.2, 0.25) is 0 Å². The van der Waals surface area contributed by atoms with Gasteiger partial charge in [-0.05, 0) is 5.56 Å². The highest BCUT2D eigenvalue weighted by atomic mass is 15.1. The normalized spacial score (nSPS) is 10.9. The van der Waals surface area contributed by atoms with Gasteiger partial charge in [-0.2, -0.15) is 0 Å². The maximum Gasteiger partial charge on any atom is 0.165 e. The van der Waals surface area contributed by atoms with Crippen molar-refractivity contribution in [1.29, 1.82) is 5.41 Å². The Kier molecular flexibility index (Phi) is 2.44. The topological polar surface area (TPSA) is 59.5 Å². The smallest absolute Gasteiger partial charge is 0.165 e. The van der Waals surface area contributed by atoms with Gasteiger partial charge in [-0.1, -0.05) is 30.3 Å². The van der Waals surface area contributed by atoms with Crippen molar-refractivity contribution in [2.75, 3.05) is 0 Å². The van der Waals surface area contributed by atoms with Crippen LogP contribution >= 0.6 is 0 Å². The van der Waals surface area contributed by atoms with Crippen LogP contribution in [0.15, 0.2) is 43.0 Å². The second kappa shape index (κ2) is 4.10. The minimum atomic E-state index is 0.393. The van der Waals surface area contributed by atoms with Gasteiger partial charge in [-0.15, -0.1) is 0 Å². The molecule has 2 heterocycles. The number of fused-ring (bicyclic) bond motifs is 1. The van der Waals surface area contributed by atoms with E-state index in [0.29, 0.717) is 17.5 Å². The summed E-state index contributed by atoms with van der Waals surface area (Å²) in [6.07, 6.45) is 3.38. The molecule has 5 nitrogen and oxygen atoms in total. The molecule has 0 saturated heterocycles. The summed E-state index contributed by atoms with van der Waals surface area (Å²) >= 11 is 0. The van der Waals surface area contributed by atoms with Crippen molar-refractivity contribution in [2.24, 2.45) is 7.05 Å². The Morgan fingerprint density at radius 2 is 1.89 bits per heavy atom. The molecule has 0 amide bonds. The van der Waals surface area contributed by atoms with Crippen LogP contribution in [0.3, 0.4) is 0 Å². The first-order chi connectivity index (χ1) is 8.75. The maximum atomic E-state index is 8.15. The lowest BCUT2D eigenvalue weighted by atomic mass is 10.2. The molecule has 0 atom stereocenters. The zero-order valence-electron chi connectivity index (χ0n) is 10.0. The fraction of sp³-hybridized carbons (Fsp3) is 0.154. The van der Waals surface area contributed by atoms with Crippen molar-refractivity contribution >= 4 is 11.2 Å². The molecule has 0 unspecified atom stereocenters. The van der Waals surface area contributed by atoms with E-state index in [-0.39, 0.29) is 0 Å². The molecule has 5 heteroatoms. The molecule has 0 saturated carbocycles. The number of imidazole rings is 1. The summed E-state index contributed by atoms with van der Waals surface area (Å²) in [5.74, 6) is 0. The van der Waals surface area contributed by atoms with Gasteiger partial charge in [0.1, 0.15) is 5.52 Å². The third-order valence-electron chi connectivity index (χ3n) is 2.93. The molecule has 0 spiro atoms. The van der Waals surface area contributed by atoms with Crippen molar-refractivity contribution in [2.45, 2.75) is 6.54 Å². The Labute approximate surface area is 104 Å². The molecular weight excluding hydrogens is 226 g/mol. The number of rotatable bonds is 2. The number of aromatic nitrogens is 4. The molecule has 0 fully saturated rings. The van der Waals surface area contributed by atoms with Crippen LogP contribution in [0.2, 0.25) is 0 Å². The van der Waals surface area contributed by atoms with E-state index in [4.69, 9.17) is 5.41 Å². The van der Waals surface area contributed by atoms with Gasteiger partial charge in [-0.25, -0.2) is 9.97 Å². The number of hydrogen-bond acceptors (Lipinski definition) is 3. The van der Waals surface area contributed by atoms with Gasteiger partial charge < -0.3 is 9.13 Å². The lowest BCUT2D eigenvalue weighted by Crippen LogP contribution is -2.21. The highest BCUT2D eigenvalue weighted by molar-refractivity contribution is 5.68. The van der Waals surface area contributed by atoms with Crippen molar-refractivity contribution in [3.8, 4) is 0 Å². The molecule has 0 radical (unpaired) electrons. The minimum absolute atomic E-state index is 0.393. The van der Waals surface area contributed by atoms with Crippen LogP contribution in [-0.2, 0) is 13.6 Å². The summed E-state index contributed by atoms with van der Waals surface area (Å²) in [5.41, 5.74) is 2.91. The fourth-order valence-corrected chi connectivity index (χ4v) is 1.96. The van der Waals surface area contributed by atoms with Crippen LogP contribution in [0, 0.1) is 5.41 Å². The Morgan fingerprint density at radius 1 is 1.11 bits per heavy atom. The van der Waals surface area contributed by atoms with Gasteiger partial charge in [0.05, 0.1) is 19.2 Å². The first kappa shape index (κ1) is 10.7. The average molecular weight is 239 g/mol. The Morgan fingerprint density at radius 3 is 2.67 bits per heavy atom. The third-order valence-corrected chi connectivity index (χ3v) is 2.93. The molecule has 1 aromatic carbocycles. The first-order valence-electron chi connectivity index (χ1n) is 5.70. The van der Waals surface area contributed by atoms with Crippen LogP contribution < -0.4 is 5.49 Å². The molecule has 3 aromatic rings. The van der Waals surface area contributed by atoms with Gasteiger partial charge in [0.15, 0.2) is 11.1 Å². The minimum Gasteiger partial charge on any atom is -0.318 e. The summed E-state index contributed by atoms with van der Waals surface area (Å²) in [6, 6.07) is 10.0. The van der Waals surface area contributed by atoms with Gasteiger partial charge in [-0.3, -0.25) is 5.41 Å². The summed E-state index contributed by atoms with van der Waals surface area (Å²) in [6.45, 7) is 0.638. The number of nitrogens with one attached hydrogen (secondary N) is 1. The van der Waals surface area contributed by atoms with E-state index in [1.807, 2.05) is 41.9 Å². The SMILES string of the molecule is Cn1cnc2c(=N)n(Cc3ccccc3)cnc21. The molecule has 0 bridgehead atoms. The van der Waals surface area contributed by atoms with Crippen LogP contribution in [0.25, 0.3) is 11.2 Å². The predicted octanol–water partition coefficient (Wildman–Crippen LogP) is 1.30. The second-order valence-electron chi connectivity index (χ2n) is 4.23. The summed E-state index contributed by atoms with van der Waals surface area (Å²) in [5, 5.41) is 8.15. The zero-order chi connectivity index (χ0) is 12.5. The molecule has 0 aliphatic carbocycles. The lowest BCUT2D eigenvalue weighted by molar-refractivity contribution is 0.719. The highest BCUT2D eigenvalue weighted by Crippen LogP contribution is 2.04. The maximum absolute atomic E-state index is 8.15. The number of nitrogens with zero attached hydrogens (tertiary/aromatic N) is 4. The van der Waals surface area contributed by atoms with Crippen molar-refractivity contribution in [1.82, 2.24) is 19.1 Å². The molecule has 1 N–H and O–H groups in total. The van der Waals surface area contributed by atoms with Gasteiger partial charge in [0, 0.05) is 7.05 Å². The van der Waals surface area contributed by atoms with Gasteiger partial charge >= 0.3 is 0 Å². The van der Waals surface area contributed by atoms with Crippen LogP contribution in [0.4, 0.5) is 0 Å². The van der Waals surface area contributed by atoms with E-state index in [2.05, 4.69) is 9.97 Å². The second-order valence-corrected chi connectivity index (χ2v) is 4.23. The molecular formula is C13H13N5. The zero-order valence-corrected chi connectivity index (χ0v) is 10.0. The Hall–Kier alpha value is -2.43. The molecule has 90 valence electrons. The average Bonchev–Trinajstić information content (AvgIpc) is 2.77. The van der Waals surface area contributed by atoms with Crippen molar-refractivity contribution < 1.29 is 0 Å². The van der Waals surface area contributed by atoms with E-state index in [0.717, 1.165) is 11.2 Å². The summed E-state index contributed by atoms with van der Waals surface area (Å²) in [4.78, 5) is 8.55.